The number of fused-ring (bicyclic) bond motifs is 2. The Kier molecular flexibility index (Phi) is 4.90. The van der Waals surface area contributed by atoms with Gasteiger partial charge in [0.25, 0.3) is 5.91 Å². The van der Waals surface area contributed by atoms with Crippen molar-refractivity contribution in [3.8, 4) is 22.9 Å². The monoisotopic (exact) mass is 478 g/mol. The Morgan fingerprint density at radius 2 is 2.06 bits per heavy atom. The molecule has 0 aliphatic carbocycles. The van der Waals surface area contributed by atoms with Gasteiger partial charge in [0.1, 0.15) is 32.9 Å². The average molecular weight is 479 g/mol. The van der Waals surface area contributed by atoms with Crippen LogP contribution < -0.4 is 21.5 Å². The highest BCUT2D eigenvalue weighted by atomic mass is 32.1. The summed E-state index contributed by atoms with van der Waals surface area (Å²) in [7, 11) is 1.60. The zero-order chi connectivity index (χ0) is 22.4. The number of carbonyl (C=O) groups is 1. The van der Waals surface area contributed by atoms with Crippen molar-refractivity contribution >= 4 is 77.0 Å². The smallest absolute Gasteiger partial charge is 0.269 e. The van der Waals surface area contributed by atoms with Gasteiger partial charge in [0.15, 0.2) is 5.13 Å². The molecule has 5 aromatic rings. The van der Waals surface area contributed by atoms with E-state index in [-0.39, 0.29) is 21.9 Å². The minimum atomic E-state index is -0.398. The maximum atomic E-state index is 13.1. The van der Waals surface area contributed by atoms with Crippen molar-refractivity contribution in [2.24, 2.45) is 0 Å². The summed E-state index contributed by atoms with van der Waals surface area (Å²) in [6.07, 6.45) is 0. The van der Waals surface area contributed by atoms with Crippen LogP contribution in [0, 0.1) is 11.3 Å². The fraction of sp³-hybridized carbons (Fsp3) is 0.0476. The van der Waals surface area contributed by atoms with Gasteiger partial charge in [0, 0.05) is 10.9 Å². The first-order valence-corrected chi connectivity index (χ1v) is 11.8. The molecule has 32 heavy (non-hydrogen) atoms. The summed E-state index contributed by atoms with van der Waals surface area (Å²) in [5, 5.41) is 17.3. The van der Waals surface area contributed by atoms with E-state index in [0.717, 1.165) is 27.1 Å². The van der Waals surface area contributed by atoms with Gasteiger partial charge >= 0.3 is 0 Å². The zero-order valence-corrected chi connectivity index (χ0v) is 19.0. The van der Waals surface area contributed by atoms with E-state index in [1.54, 1.807) is 7.11 Å². The number of hydrogen-bond donors (Lipinski definition) is 3. The van der Waals surface area contributed by atoms with Crippen LogP contribution in [0.1, 0.15) is 15.2 Å². The van der Waals surface area contributed by atoms with Crippen molar-refractivity contribution < 1.29 is 9.53 Å². The number of hydrogen-bond acceptors (Lipinski definition) is 10. The number of nitrogens with one attached hydrogen (secondary N) is 1. The molecule has 4 aromatic heterocycles. The molecule has 1 aromatic carbocycles. The molecule has 158 valence electrons. The van der Waals surface area contributed by atoms with E-state index in [4.69, 9.17) is 16.2 Å². The summed E-state index contributed by atoms with van der Waals surface area (Å²) in [4.78, 5) is 22.7. The third kappa shape index (κ3) is 3.21. The lowest BCUT2D eigenvalue weighted by Crippen LogP contribution is -2.11. The van der Waals surface area contributed by atoms with Crippen LogP contribution in [0.2, 0.25) is 0 Å². The maximum Gasteiger partial charge on any atom is 0.269 e. The molecule has 0 spiro atoms. The molecule has 0 aliphatic heterocycles. The lowest BCUT2D eigenvalue weighted by molar-refractivity contribution is 0.103. The van der Waals surface area contributed by atoms with Gasteiger partial charge in [-0.3, -0.25) is 10.1 Å². The van der Waals surface area contributed by atoms with Crippen molar-refractivity contribution in [2.45, 2.75) is 0 Å². The highest BCUT2D eigenvalue weighted by Gasteiger charge is 2.25. The Bertz CT molecular complexity index is 1550. The maximum absolute atomic E-state index is 13.1. The number of anilines is 3. The van der Waals surface area contributed by atoms with E-state index in [1.165, 1.54) is 22.7 Å². The fourth-order valence-corrected chi connectivity index (χ4v) is 5.93. The molecule has 0 fully saturated rings. The number of nitrogens with zero attached hydrogens (tertiary/aromatic N) is 3. The lowest BCUT2D eigenvalue weighted by atomic mass is 9.99. The van der Waals surface area contributed by atoms with Crippen molar-refractivity contribution in [1.82, 2.24) is 9.97 Å². The van der Waals surface area contributed by atoms with Gasteiger partial charge < -0.3 is 16.2 Å². The van der Waals surface area contributed by atoms with Crippen LogP contribution in [-0.4, -0.2) is 23.0 Å². The Morgan fingerprint density at radius 1 is 1.22 bits per heavy atom. The van der Waals surface area contributed by atoms with Crippen LogP contribution >= 0.6 is 34.0 Å². The number of rotatable bonds is 4. The van der Waals surface area contributed by atoms with Crippen LogP contribution in [0.3, 0.4) is 0 Å². The van der Waals surface area contributed by atoms with Gasteiger partial charge in [0.05, 0.1) is 23.0 Å². The van der Waals surface area contributed by atoms with Crippen LogP contribution in [0.4, 0.5) is 16.6 Å². The molecule has 5 rings (SSSR count). The standard InChI is InChI=1S/C21H14N6O2S3/c1-29-10-2-3-12-13(6-10)31-21(25-12)27-19(28)17-16(23)15-14(9-4-5-30-8-9)11(7-22)18(24)26-20(15)32-17/h2-6,8H,23H2,1H3,(H2,24,26)(H,25,27,28). The Morgan fingerprint density at radius 3 is 2.78 bits per heavy atom. The number of amides is 1. The number of pyridine rings is 1. The summed E-state index contributed by atoms with van der Waals surface area (Å²) in [6, 6.07) is 9.51. The van der Waals surface area contributed by atoms with E-state index in [2.05, 4.69) is 21.4 Å². The molecule has 0 atom stereocenters. The highest BCUT2D eigenvalue weighted by Crippen LogP contribution is 2.43. The molecule has 0 unspecified atom stereocenters. The number of benzene rings is 1. The molecular formula is C21H14N6O2S3. The average Bonchev–Trinajstić information content (AvgIpc) is 3.51. The van der Waals surface area contributed by atoms with Crippen molar-refractivity contribution in [1.29, 1.82) is 5.26 Å². The second-order valence-electron chi connectivity index (χ2n) is 6.70. The van der Waals surface area contributed by atoms with E-state index in [0.29, 0.717) is 26.7 Å². The first-order chi connectivity index (χ1) is 15.5. The number of thiophene rings is 2. The quantitative estimate of drug-likeness (QED) is 0.332. The molecule has 4 heterocycles. The van der Waals surface area contributed by atoms with E-state index in [1.807, 2.05) is 35.0 Å². The van der Waals surface area contributed by atoms with Crippen molar-refractivity contribution in [3.05, 3.63) is 45.5 Å². The molecule has 0 bridgehead atoms. The molecule has 5 N–H and O–H groups in total. The van der Waals surface area contributed by atoms with E-state index in [9.17, 15) is 10.1 Å². The van der Waals surface area contributed by atoms with Gasteiger partial charge in [0.2, 0.25) is 0 Å². The molecule has 0 saturated heterocycles. The first kappa shape index (κ1) is 20.2. The summed E-state index contributed by atoms with van der Waals surface area (Å²) >= 11 is 3.96. The summed E-state index contributed by atoms with van der Waals surface area (Å²) in [5.41, 5.74) is 15.1. The summed E-state index contributed by atoms with van der Waals surface area (Å²) < 4.78 is 6.12. The normalized spacial score (nSPS) is 11.0. The van der Waals surface area contributed by atoms with Gasteiger partial charge in [-0.2, -0.15) is 16.6 Å². The number of aromatic nitrogens is 2. The number of methoxy groups -OCH3 is 1. The Labute approximate surface area is 193 Å². The highest BCUT2D eigenvalue weighted by molar-refractivity contribution is 7.23. The topological polar surface area (TPSA) is 140 Å². The van der Waals surface area contributed by atoms with Gasteiger partial charge in [-0.05, 0) is 40.6 Å². The third-order valence-electron chi connectivity index (χ3n) is 4.85. The molecular weight excluding hydrogens is 464 g/mol. The molecule has 0 saturated carbocycles. The Balaban J connectivity index is 1.59. The Hall–Kier alpha value is -3.72. The number of nitriles is 1. The zero-order valence-electron chi connectivity index (χ0n) is 16.5. The van der Waals surface area contributed by atoms with Crippen molar-refractivity contribution in [2.75, 3.05) is 23.9 Å². The van der Waals surface area contributed by atoms with Crippen LogP contribution in [0.25, 0.3) is 31.6 Å². The second-order valence-corrected chi connectivity index (χ2v) is 9.51. The van der Waals surface area contributed by atoms with Crippen LogP contribution in [-0.2, 0) is 0 Å². The van der Waals surface area contributed by atoms with Gasteiger partial charge in [-0.15, -0.1) is 11.3 Å². The number of ether oxygens (including phenoxy) is 1. The van der Waals surface area contributed by atoms with Gasteiger partial charge in [-0.25, -0.2) is 9.97 Å². The molecule has 1 amide bonds. The first-order valence-electron chi connectivity index (χ1n) is 9.20. The second kappa shape index (κ2) is 7.76. The minimum absolute atomic E-state index is 0.106. The van der Waals surface area contributed by atoms with Crippen molar-refractivity contribution in [3.63, 3.8) is 0 Å². The van der Waals surface area contributed by atoms with Crippen LogP contribution in [0.5, 0.6) is 5.75 Å². The number of carbonyl (C=O) groups excluding carboxylic acids is 1. The van der Waals surface area contributed by atoms with E-state index < -0.39 is 5.91 Å². The number of thiazole rings is 1. The molecule has 11 heteroatoms. The molecule has 0 aliphatic rings. The molecule has 8 nitrogen and oxygen atoms in total. The largest absolute Gasteiger partial charge is 0.497 e. The fourth-order valence-electron chi connectivity index (χ4n) is 3.39. The van der Waals surface area contributed by atoms with E-state index >= 15 is 0 Å². The number of nitrogens with two attached hydrogens (primary N) is 2. The predicted octanol–water partition coefficient (Wildman–Crippen LogP) is 4.93. The lowest BCUT2D eigenvalue weighted by Gasteiger charge is -2.07. The third-order valence-corrected chi connectivity index (χ3v) is 7.56. The van der Waals surface area contributed by atoms with Crippen LogP contribution in [0.15, 0.2) is 35.0 Å². The van der Waals surface area contributed by atoms with Gasteiger partial charge in [-0.1, -0.05) is 11.3 Å². The number of nitrogen functional groups attached to an aromatic ring is 2. The predicted molar refractivity (Wildman–Crippen MR) is 131 cm³/mol. The minimum Gasteiger partial charge on any atom is -0.497 e. The summed E-state index contributed by atoms with van der Waals surface area (Å²) in [6.45, 7) is 0. The summed E-state index contributed by atoms with van der Waals surface area (Å²) in [5.74, 6) is 0.421. The SMILES string of the molecule is COc1ccc2nc(NC(=O)c3sc4nc(N)c(C#N)c(-c5ccsc5)c4c3N)sc2c1. The molecule has 0 radical (unpaired) electrons.